The molecule has 0 saturated heterocycles. The summed E-state index contributed by atoms with van der Waals surface area (Å²) in [5.74, 6) is 1.79. The minimum Gasteiger partial charge on any atom is -0.491 e. The molecule has 1 N–H and O–H groups in total. The summed E-state index contributed by atoms with van der Waals surface area (Å²) in [6.07, 6.45) is 0.899. The molecule has 1 aliphatic rings. The molecule has 3 rings (SSSR count). The molecule has 0 bridgehead atoms. The van der Waals surface area contributed by atoms with E-state index in [9.17, 15) is 4.79 Å². The van der Waals surface area contributed by atoms with Gasteiger partial charge >= 0.3 is 6.03 Å². The highest BCUT2D eigenvalue weighted by atomic mass is 32.2. The molecular formula is C16H20N4O2S2. The van der Waals surface area contributed by atoms with Crippen LogP contribution in [0.15, 0.2) is 28.6 Å². The molecule has 0 spiro atoms. The van der Waals surface area contributed by atoms with Crippen molar-refractivity contribution < 1.29 is 9.53 Å². The maximum absolute atomic E-state index is 12.3. The van der Waals surface area contributed by atoms with Gasteiger partial charge in [-0.25, -0.2) is 4.79 Å². The second kappa shape index (κ2) is 8.34. The number of carbonyl (C=O) groups is 1. The summed E-state index contributed by atoms with van der Waals surface area (Å²) in [6, 6.07) is 7.83. The molecule has 0 saturated carbocycles. The van der Waals surface area contributed by atoms with Crippen molar-refractivity contribution in [1.29, 1.82) is 0 Å². The second-order valence-corrected chi connectivity index (χ2v) is 7.92. The lowest BCUT2D eigenvalue weighted by molar-refractivity contribution is 0.188. The number of ether oxygens (including phenoxy) is 1. The van der Waals surface area contributed by atoms with E-state index in [0.717, 1.165) is 32.8 Å². The average molecular weight is 364 g/mol. The first-order valence-corrected chi connectivity index (χ1v) is 9.69. The molecule has 0 radical (unpaired) electrons. The lowest BCUT2D eigenvalue weighted by Gasteiger charge is -2.20. The predicted molar refractivity (Wildman–Crippen MR) is 95.7 cm³/mol. The van der Waals surface area contributed by atoms with E-state index in [1.807, 2.05) is 31.2 Å². The number of urea groups is 1. The van der Waals surface area contributed by atoms with Gasteiger partial charge in [-0.1, -0.05) is 41.3 Å². The summed E-state index contributed by atoms with van der Waals surface area (Å²) in [4.78, 5) is 14.1. The van der Waals surface area contributed by atoms with E-state index in [-0.39, 0.29) is 6.03 Å². The Hall–Kier alpha value is -1.80. The second-order valence-electron chi connectivity index (χ2n) is 5.40. The fourth-order valence-electron chi connectivity index (χ4n) is 2.37. The number of amides is 2. The van der Waals surface area contributed by atoms with Crippen molar-refractivity contribution in [3.8, 4) is 5.75 Å². The standard InChI is InChI=1S/C16H20N4O2S2/c1-12-18-19-16(24-12)23-10-4-7-17-15(21)20-8-9-22-14-6-3-2-5-13(14)11-20/h2-3,5-6H,4,7-11H2,1H3,(H,17,21). The first-order valence-electron chi connectivity index (χ1n) is 7.89. The topological polar surface area (TPSA) is 67.4 Å². The summed E-state index contributed by atoms with van der Waals surface area (Å²) >= 11 is 3.28. The van der Waals surface area contributed by atoms with Gasteiger partial charge in [0.15, 0.2) is 4.34 Å². The summed E-state index contributed by atoms with van der Waals surface area (Å²) in [5, 5.41) is 12.0. The number of benzene rings is 1. The fraction of sp³-hybridized carbons (Fsp3) is 0.438. The van der Waals surface area contributed by atoms with Crippen molar-refractivity contribution in [2.45, 2.75) is 24.2 Å². The molecule has 0 aliphatic carbocycles. The zero-order valence-corrected chi connectivity index (χ0v) is 15.2. The van der Waals surface area contributed by atoms with Gasteiger partial charge in [0.2, 0.25) is 0 Å². The Bertz CT molecular complexity index is 692. The van der Waals surface area contributed by atoms with Crippen LogP contribution >= 0.6 is 23.1 Å². The first kappa shape index (κ1) is 17.0. The van der Waals surface area contributed by atoms with E-state index < -0.39 is 0 Å². The number of carbonyl (C=O) groups excluding carboxylic acids is 1. The first-order chi connectivity index (χ1) is 11.7. The number of nitrogens with zero attached hydrogens (tertiary/aromatic N) is 3. The third-order valence-corrected chi connectivity index (χ3v) is 5.63. The predicted octanol–water partition coefficient (Wildman–Crippen LogP) is 2.93. The van der Waals surface area contributed by atoms with Gasteiger partial charge in [0.25, 0.3) is 0 Å². The van der Waals surface area contributed by atoms with E-state index >= 15 is 0 Å². The molecule has 0 atom stereocenters. The molecule has 2 amide bonds. The molecular weight excluding hydrogens is 344 g/mol. The Labute approximate surface area is 149 Å². The molecule has 1 aromatic carbocycles. The normalized spacial score (nSPS) is 13.8. The van der Waals surface area contributed by atoms with Crippen molar-refractivity contribution in [2.75, 3.05) is 25.4 Å². The van der Waals surface area contributed by atoms with Gasteiger partial charge in [0.05, 0.1) is 13.1 Å². The van der Waals surface area contributed by atoms with Crippen LogP contribution in [0.4, 0.5) is 4.79 Å². The van der Waals surface area contributed by atoms with E-state index in [1.54, 1.807) is 28.0 Å². The summed E-state index contributed by atoms with van der Waals surface area (Å²) < 4.78 is 6.67. The third kappa shape index (κ3) is 4.61. The van der Waals surface area contributed by atoms with Crippen LogP contribution in [0.3, 0.4) is 0 Å². The van der Waals surface area contributed by atoms with Crippen LogP contribution in [0.1, 0.15) is 17.0 Å². The number of aryl methyl sites for hydroxylation is 1. The van der Waals surface area contributed by atoms with Crippen LogP contribution in [-0.2, 0) is 6.54 Å². The number of hydrogen-bond donors (Lipinski definition) is 1. The molecule has 0 unspecified atom stereocenters. The lowest BCUT2D eigenvalue weighted by Crippen LogP contribution is -2.41. The van der Waals surface area contributed by atoms with Gasteiger partial charge < -0.3 is 15.0 Å². The molecule has 128 valence electrons. The lowest BCUT2D eigenvalue weighted by atomic mass is 10.2. The summed E-state index contributed by atoms with van der Waals surface area (Å²) in [6.45, 7) is 4.31. The minimum atomic E-state index is -0.0351. The van der Waals surface area contributed by atoms with Crippen LogP contribution < -0.4 is 10.1 Å². The largest absolute Gasteiger partial charge is 0.491 e. The monoisotopic (exact) mass is 364 g/mol. The molecule has 2 aromatic rings. The zero-order valence-electron chi connectivity index (χ0n) is 13.5. The molecule has 24 heavy (non-hydrogen) atoms. The van der Waals surface area contributed by atoms with Crippen molar-refractivity contribution >= 4 is 29.1 Å². The van der Waals surface area contributed by atoms with Crippen molar-refractivity contribution in [3.05, 3.63) is 34.8 Å². The Morgan fingerprint density at radius 2 is 2.29 bits per heavy atom. The Balaban J connectivity index is 1.40. The molecule has 8 heteroatoms. The van der Waals surface area contributed by atoms with Crippen LogP contribution in [-0.4, -0.2) is 46.6 Å². The van der Waals surface area contributed by atoms with E-state index in [2.05, 4.69) is 15.5 Å². The van der Waals surface area contributed by atoms with Crippen molar-refractivity contribution in [3.63, 3.8) is 0 Å². The van der Waals surface area contributed by atoms with Gasteiger partial charge in [0, 0.05) is 17.9 Å². The smallest absolute Gasteiger partial charge is 0.317 e. The van der Waals surface area contributed by atoms with Crippen LogP contribution in [0.2, 0.25) is 0 Å². The SMILES string of the molecule is Cc1nnc(SCCCNC(=O)N2CCOc3ccccc3C2)s1. The van der Waals surface area contributed by atoms with Gasteiger partial charge in [0.1, 0.15) is 17.4 Å². The maximum Gasteiger partial charge on any atom is 0.317 e. The van der Waals surface area contributed by atoms with Crippen LogP contribution in [0, 0.1) is 6.92 Å². The molecule has 1 aliphatic heterocycles. The third-order valence-electron chi connectivity index (χ3n) is 3.57. The highest BCUT2D eigenvalue weighted by molar-refractivity contribution is 8.01. The zero-order chi connectivity index (χ0) is 16.8. The number of hydrogen-bond acceptors (Lipinski definition) is 6. The summed E-state index contributed by atoms with van der Waals surface area (Å²) in [5.41, 5.74) is 1.05. The van der Waals surface area contributed by atoms with Crippen LogP contribution in [0.5, 0.6) is 5.75 Å². The van der Waals surface area contributed by atoms with Crippen molar-refractivity contribution in [2.24, 2.45) is 0 Å². The van der Waals surface area contributed by atoms with E-state index in [0.29, 0.717) is 26.2 Å². The minimum absolute atomic E-state index is 0.0351. The highest BCUT2D eigenvalue weighted by Gasteiger charge is 2.18. The Kier molecular flexibility index (Phi) is 5.92. The number of fused-ring (bicyclic) bond motifs is 1. The molecule has 2 heterocycles. The van der Waals surface area contributed by atoms with E-state index in [1.165, 1.54) is 0 Å². The van der Waals surface area contributed by atoms with Crippen LogP contribution in [0.25, 0.3) is 0 Å². The van der Waals surface area contributed by atoms with Crippen molar-refractivity contribution in [1.82, 2.24) is 20.4 Å². The van der Waals surface area contributed by atoms with Gasteiger partial charge in [-0.2, -0.15) is 0 Å². The molecule has 0 fully saturated rings. The van der Waals surface area contributed by atoms with E-state index in [4.69, 9.17) is 4.74 Å². The fourth-order valence-corrected chi connectivity index (χ4v) is 4.20. The summed E-state index contributed by atoms with van der Waals surface area (Å²) in [7, 11) is 0. The highest BCUT2D eigenvalue weighted by Crippen LogP contribution is 2.23. The Morgan fingerprint density at radius 3 is 3.12 bits per heavy atom. The Morgan fingerprint density at radius 1 is 1.42 bits per heavy atom. The van der Waals surface area contributed by atoms with Gasteiger partial charge in [-0.15, -0.1) is 10.2 Å². The van der Waals surface area contributed by atoms with Gasteiger partial charge in [-0.3, -0.25) is 0 Å². The van der Waals surface area contributed by atoms with Gasteiger partial charge in [-0.05, 0) is 19.4 Å². The average Bonchev–Trinajstić information content (AvgIpc) is 2.88. The molecule has 1 aromatic heterocycles. The quantitative estimate of drug-likeness (QED) is 0.653. The number of thioether (sulfide) groups is 1. The number of nitrogens with one attached hydrogen (secondary N) is 1. The number of para-hydroxylation sites is 1. The number of rotatable bonds is 5. The molecule has 6 nitrogen and oxygen atoms in total. The number of aromatic nitrogens is 2. The maximum atomic E-state index is 12.3.